The van der Waals surface area contributed by atoms with Gasteiger partial charge in [-0.2, -0.15) is 0 Å². The lowest BCUT2D eigenvalue weighted by atomic mass is 10.2. The van der Waals surface area contributed by atoms with E-state index in [4.69, 9.17) is 4.74 Å². The standard InChI is InChI=1S/C14H19N3O2/c1-3-6-15-14(18)12-5-4-11(2)16-13(12)17-7-9-19-10-8-17/h3-5H,1,6-10H2,2H3,(H,15,18). The van der Waals surface area contributed by atoms with Crippen LogP contribution < -0.4 is 10.2 Å². The second kappa shape index (κ2) is 6.33. The van der Waals surface area contributed by atoms with Gasteiger partial charge >= 0.3 is 0 Å². The monoisotopic (exact) mass is 261 g/mol. The number of rotatable bonds is 4. The summed E-state index contributed by atoms with van der Waals surface area (Å²) in [6.07, 6.45) is 1.66. The second-order valence-electron chi connectivity index (χ2n) is 4.42. The predicted molar refractivity (Wildman–Crippen MR) is 74.5 cm³/mol. The van der Waals surface area contributed by atoms with Gasteiger partial charge in [0.05, 0.1) is 18.8 Å². The van der Waals surface area contributed by atoms with Gasteiger partial charge in [-0.25, -0.2) is 4.98 Å². The molecule has 0 bridgehead atoms. The van der Waals surface area contributed by atoms with E-state index in [1.54, 1.807) is 6.08 Å². The molecule has 5 heteroatoms. The number of nitrogens with zero attached hydrogens (tertiary/aromatic N) is 2. The predicted octanol–water partition coefficient (Wildman–Crippen LogP) is 1.14. The number of hydrogen-bond acceptors (Lipinski definition) is 4. The van der Waals surface area contributed by atoms with Crippen LogP contribution in [0, 0.1) is 6.92 Å². The van der Waals surface area contributed by atoms with Gasteiger partial charge in [0.15, 0.2) is 0 Å². The smallest absolute Gasteiger partial charge is 0.255 e. The fraction of sp³-hybridized carbons (Fsp3) is 0.429. The number of ether oxygens (including phenoxy) is 1. The van der Waals surface area contributed by atoms with Gasteiger partial charge in [0.25, 0.3) is 5.91 Å². The van der Waals surface area contributed by atoms with Gasteiger partial charge in [0.1, 0.15) is 5.82 Å². The van der Waals surface area contributed by atoms with Gasteiger partial charge in [-0.05, 0) is 19.1 Å². The maximum absolute atomic E-state index is 12.1. The zero-order valence-corrected chi connectivity index (χ0v) is 11.2. The van der Waals surface area contributed by atoms with Crippen LogP contribution in [0.15, 0.2) is 24.8 Å². The molecule has 1 fully saturated rings. The average Bonchev–Trinajstić information content (AvgIpc) is 2.45. The number of morpholine rings is 1. The number of pyridine rings is 1. The van der Waals surface area contributed by atoms with E-state index in [1.807, 2.05) is 19.1 Å². The van der Waals surface area contributed by atoms with Crippen molar-refractivity contribution >= 4 is 11.7 Å². The van der Waals surface area contributed by atoms with Crippen molar-refractivity contribution in [3.8, 4) is 0 Å². The molecule has 0 aromatic carbocycles. The molecular weight excluding hydrogens is 242 g/mol. The topological polar surface area (TPSA) is 54.5 Å². The summed E-state index contributed by atoms with van der Waals surface area (Å²) in [5.74, 6) is 0.624. The Morgan fingerprint density at radius 2 is 2.26 bits per heavy atom. The van der Waals surface area contributed by atoms with Crippen molar-refractivity contribution in [2.45, 2.75) is 6.92 Å². The minimum absolute atomic E-state index is 0.117. The van der Waals surface area contributed by atoms with E-state index in [1.165, 1.54) is 0 Å². The summed E-state index contributed by atoms with van der Waals surface area (Å²) in [4.78, 5) is 18.7. The molecule has 1 N–H and O–H groups in total. The first-order valence-electron chi connectivity index (χ1n) is 6.42. The van der Waals surface area contributed by atoms with Crippen molar-refractivity contribution in [3.63, 3.8) is 0 Å². The van der Waals surface area contributed by atoms with Gasteiger partial charge in [0.2, 0.25) is 0 Å². The van der Waals surface area contributed by atoms with Crippen molar-refractivity contribution in [2.24, 2.45) is 0 Å². The van der Waals surface area contributed by atoms with Gasteiger partial charge in [0, 0.05) is 25.3 Å². The Morgan fingerprint density at radius 1 is 1.53 bits per heavy atom. The van der Waals surface area contributed by atoms with Crippen LogP contribution in [0.2, 0.25) is 0 Å². The van der Waals surface area contributed by atoms with Crippen molar-refractivity contribution in [1.82, 2.24) is 10.3 Å². The molecule has 1 amide bonds. The lowest BCUT2D eigenvalue weighted by molar-refractivity contribution is 0.0956. The summed E-state index contributed by atoms with van der Waals surface area (Å²) in [5.41, 5.74) is 1.51. The number of hydrogen-bond donors (Lipinski definition) is 1. The van der Waals surface area contributed by atoms with Crippen LogP contribution in [0.5, 0.6) is 0 Å². The zero-order valence-electron chi connectivity index (χ0n) is 11.2. The van der Waals surface area contributed by atoms with Crippen LogP contribution in [-0.4, -0.2) is 43.7 Å². The molecule has 1 aliphatic heterocycles. The Kier molecular flexibility index (Phi) is 4.52. The van der Waals surface area contributed by atoms with Crippen molar-refractivity contribution in [1.29, 1.82) is 0 Å². The number of nitrogens with one attached hydrogen (secondary N) is 1. The molecule has 1 aromatic heterocycles. The van der Waals surface area contributed by atoms with Gasteiger partial charge < -0.3 is 15.0 Å². The number of carbonyl (C=O) groups excluding carboxylic acids is 1. The fourth-order valence-electron chi connectivity index (χ4n) is 2.00. The number of aryl methyl sites for hydroxylation is 1. The Hall–Kier alpha value is -1.88. The highest BCUT2D eigenvalue weighted by Gasteiger charge is 2.20. The van der Waals surface area contributed by atoms with Crippen LogP contribution in [-0.2, 0) is 4.74 Å². The highest BCUT2D eigenvalue weighted by Crippen LogP contribution is 2.19. The molecule has 1 saturated heterocycles. The lowest BCUT2D eigenvalue weighted by Crippen LogP contribution is -2.38. The SMILES string of the molecule is C=CCNC(=O)c1ccc(C)nc1N1CCOCC1. The van der Waals surface area contributed by atoms with Gasteiger partial charge in [-0.15, -0.1) is 6.58 Å². The Balaban J connectivity index is 2.26. The molecule has 1 aliphatic rings. The third-order valence-corrected chi connectivity index (χ3v) is 2.98. The number of amides is 1. The highest BCUT2D eigenvalue weighted by atomic mass is 16.5. The van der Waals surface area contributed by atoms with Crippen molar-refractivity contribution < 1.29 is 9.53 Å². The quantitative estimate of drug-likeness (QED) is 0.826. The third-order valence-electron chi connectivity index (χ3n) is 2.98. The normalized spacial score (nSPS) is 15.1. The molecule has 0 atom stereocenters. The van der Waals surface area contributed by atoms with Crippen molar-refractivity contribution in [3.05, 3.63) is 36.0 Å². The fourth-order valence-corrected chi connectivity index (χ4v) is 2.00. The molecule has 2 heterocycles. The number of aromatic nitrogens is 1. The van der Waals surface area contributed by atoms with Crippen LogP contribution in [0.3, 0.4) is 0 Å². The lowest BCUT2D eigenvalue weighted by Gasteiger charge is -2.29. The summed E-state index contributed by atoms with van der Waals surface area (Å²) >= 11 is 0. The molecule has 5 nitrogen and oxygen atoms in total. The summed E-state index contributed by atoms with van der Waals surface area (Å²) in [6.45, 7) is 8.84. The molecule has 1 aromatic rings. The molecule has 102 valence electrons. The van der Waals surface area contributed by atoms with Gasteiger partial charge in [-0.1, -0.05) is 6.08 Å². The first-order chi connectivity index (χ1) is 9.22. The second-order valence-corrected chi connectivity index (χ2v) is 4.42. The van der Waals surface area contributed by atoms with Crippen LogP contribution in [0.4, 0.5) is 5.82 Å². The maximum Gasteiger partial charge on any atom is 0.255 e. The number of carbonyl (C=O) groups is 1. The summed E-state index contributed by atoms with van der Waals surface area (Å²) in [5, 5.41) is 2.79. The molecule has 0 saturated carbocycles. The maximum atomic E-state index is 12.1. The molecule has 0 aliphatic carbocycles. The molecule has 2 rings (SSSR count). The zero-order chi connectivity index (χ0) is 13.7. The Morgan fingerprint density at radius 3 is 2.95 bits per heavy atom. The Bertz CT molecular complexity index is 468. The summed E-state index contributed by atoms with van der Waals surface area (Å²) in [6, 6.07) is 3.68. The van der Waals surface area contributed by atoms with E-state index in [0.717, 1.165) is 24.6 Å². The first-order valence-corrected chi connectivity index (χ1v) is 6.42. The summed E-state index contributed by atoms with van der Waals surface area (Å²) < 4.78 is 5.33. The van der Waals surface area contributed by atoms with Crippen LogP contribution in [0.1, 0.15) is 16.1 Å². The van der Waals surface area contributed by atoms with E-state index in [9.17, 15) is 4.79 Å². The van der Waals surface area contributed by atoms with E-state index >= 15 is 0 Å². The van der Waals surface area contributed by atoms with Crippen LogP contribution >= 0.6 is 0 Å². The molecule has 0 radical (unpaired) electrons. The Labute approximate surface area is 113 Å². The minimum atomic E-state index is -0.117. The highest BCUT2D eigenvalue weighted by molar-refractivity contribution is 5.99. The first kappa shape index (κ1) is 13.5. The van der Waals surface area contributed by atoms with E-state index < -0.39 is 0 Å². The van der Waals surface area contributed by atoms with Crippen LogP contribution in [0.25, 0.3) is 0 Å². The molecule has 0 unspecified atom stereocenters. The van der Waals surface area contributed by atoms with Crippen molar-refractivity contribution in [2.75, 3.05) is 37.7 Å². The van der Waals surface area contributed by atoms with Gasteiger partial charge in [-0.3, -0.25) is 4.79 Å². The molecule has 0 spiro atoms. The summed E-state index contributed by atoms with van der Waals surface area (Å²) in [7, 11) is 0. The minimum Gasteiger partial charge on any atom is -0.378 e. The van der Waals surface area contributed by atoms with E-state index in [2.05, 4.69) is 21.8 Å². The van der Waals surface area contributed by atoms with E-state index in [0.29, 0.717) is 25.3 Å². The molecule has 19 heavy (non-hydrogen) atoms. The van der Waals surface area contributed by atoms with E-state index in [-0.39, 0.29) is 5.91 Å². The molecular formula is C14H19N3O2. The number of anilines is 1. The average molecular weight is 261 g/mol. The third kappa shape index (κ3) is 3.32. The largest absolute Gasteiger partial charge is 0.378 e.